The Morgan fingerprint density at radius 1 is 1.00 bits per heavy atom. The molecule has 0 aliphatic rings. The molecule has 0 spiro atoms. The van der Waals surface area contributed by atoms with Crippen molar-refractivity contribution in [2.45, 2.75) is 12.5 Å². The summed E-state index contributed by atoms with van der Waals surface area (Å²) in [5, 5.41) is 6.79. The maximum atomic E-state index is 13.8. The fourth-order valence-electron chi connectivity index (χ4n) is 3.23. The smallest absolute Gasteiger partial charge is 0.127 e. The van der Waals surface area contributed by atoms with Gasteiger partial charge in [-0.15, -0.1) is 11.3 Å². The molecular formula is C21H19FN2S. The summed E-state index contributed by atoms with van der Waals surface area (Å²) in [7, 11) is 0. The number of thiophene rings is 1. The van der Waals surface area contributed by atoms with E-state index in [2.05, 4.69) is 52.2 Å². The number of aromatic nitrogens is 1. The Bertz CT molecular complexity index is 959. The predicted octanol–water partition coefficient (Wildman–Crippen LogP) is 5.29. The fraction of sp³-hybridized carbons (Fsp3) is 0.143. The number of halogens is 1. The van der Waals surface area contributed by atoms with Crippen LogP contribution in [-0.2, 0) is 6.54 Å². The number of para-hydroxylation sites is 1. The van der Waals surface area contributed by atoms with Gasteiger partial charge < -0.3 is 10.3 Å². The average Bonchev–Trinajstić information content (AvgIpc) is 3.30. The zero-order valence-corrected chi connectivity index (χ0v) is 14.5. The number of aromatic amines is 1. The first-order valence-corrected chi connectivity index (χ1v) is 9.24. The Balaban J connectivity index is 1.58. The minimum atomic E-state index is -0.158. The summed E-state index contributed by atoms with van der Waals surface area (Å²) in [4.78, 5) is 4.68. The second kappa shape index (κ2) is 7.21. The van der Waals surface area contributed by atoms with Crippen LogP contribution in [0.3, 0.4) is 0 Å². The van der Waals surface area contributed by atoms with Crippen LogP contribution >= 0.6 is 11.3 Å². The monoisotopic (exact) mass is 350 g/mol. The third-order valence-corrected chi connectivity index (χ3v) is 5.49. The molecule has 126 valence electrons. The van der Waals surface area contributed by atoms with Crippen molar-refractivity contribution < 1.29 is 4.39 Å². The van der Waals surface area contributed by atoms with Crippen molar-refractivity contribution in [3.05, 3.63) is 94.1 Å². The van der Waals surface area contributed by atoms with Gasteiger partial charge in [-0.1, -0.05) is 42.5 Å². The van der Waals surface area contributed by atoms with Gasteiger partial charge in [0.25, 0.3) is 0 Å². The third-order valence-electron chi connectivity index (χ3n) is 4.51. The molecule has 2 N–H and O–H groups in total. The van der Waals surface area contributed by atoms with Crippen LogP contribution in [0.2, 0.25) is 0 Å². The third kappa shape index (κ3) is 3.36. The number of hydrogen-bond donors (Lipinski definition) is 2. The van der Waals surface area contributed by atoms with Gasteiger partial charge in [0.15, 0.2) is 0 Å². The molecule has 2 aromatic heterocycles. The summed E-state index contributed by atoms with van der Waals surface area (Å²) in [5.74, 6) is 0.0812. The Morgan fingerprint density at radius 3 is 2.68 bits per heavy atom. The topological polar surface area (TPSA) is 27.8 Å². The van der Waals surface area contributed by atoms with Crippen LogP contribution in [0.5, 0.6) is 0 Å². The van der Waals surface area contributed by atoms with Gasteiger partial charge >= 0.3 is 0 Å². The van der Waals surface area contributed by atoms with Crippen LogP contribution in [0.15, 0.2) is 72.2 Å². The van der Waals surface area contributed by atoms with Gasteiger partial charge in [0.05, 0.1) is 0 Å². The number of H-pyrrole nitrogens is 1. The van der Waals surface area contributed by atoms with E-state index in [-0.39, 0.29) is 11.7 Å². The number of fused-ring (bicyclic) bond motifs is 1. The van der Waals surface area contributed by atoms with E-state index in [0.29, 0.717) is 12.1 Å². The molecule has 25 heavy (non-hydrogen) atoms. The van der Waals surface area contributed by atoms with Crippen molar-refractivity contribution in [3.8, 4) is 0 Å². The second-order valence-electron chi connectivity index (χ2n) is 6.08. The Labute approximate surface area is 150 Å². The molecule has 0 aliphatic carbocycles. The maximum absolute atomic E-state index is 13.8. The molecule has 2 nitrogen and oxygen atoms in total. The first-order valence-electron chi connectivity index (χ1n) is 8.36. The molecule has 0 saturated heterocycles. The van der Waals surface area contributed by atoms with Crippen LogP contribution in [-0.4, -0.2) is 11.5 Å². The van der Waals surface area contributed by atoms with Crippen LogP contribution in [0.25, 0.3) is 10.9 Å². The van der Waals surface area contributed by atoms with E-state index < -0.39 is 0 Å². The standard InChI is InChI=1S/C21H19FN2S/c22-19-8-3-1-6-15(19)12-23-13-18(21-10-5-11-25-21)17-14-24-20-9-4-2-7-16(17)20/h1-11,14,18,23-24H,12-13H2/t18-/m0/s1. The van der Waals surface area contributed by atoms with E-state index in [9.17, 15) is 4.39 Å². The van der Waals surface area contributed by atoms with Crippen LogP contribution < -0.4 is 5.32 Å². The second-order valence-corrected chi connectivity index (χ2v) is 7.06. The van der Waals surface area contributed by atoms with Crippen molar-refractivity contribution in [1.82, 2.24) is 10.3 Å². The van der Waals surface area contributed by atoms with E-state index in [4.69, 9.17) is 0 Å². The lowest BCUT2D eigenvalue weighted by atomic mass is 9.96. The van der Waals surface area contributed by atoms with Gasteiger partial charge in [-0.05, 0) is 29.1 Å². The number of benzene rings is 2. The lowest BCUT2D eigenvalue weighted by Crippen LogP contribution is -2.22. The quantitative estimate of drug-likeness (QED) is 0.486. The van der Waals surface area contributed by atoms with Gasteiger partial charge in [0, 0.05) is 46.5 Å². The van der Waals surface area contributed by atoms with E-state index in [1.54, 1.807) is 17.4 Å². The molecule has 0 saturated carbocycles. The normalized spacial score (nSPS) is 12.5. The Morgan fingerprint density at radius 2 is 1.84 bits per heavy atom. The van der Waals surface area contributed by atoms with Crippen LogP contribution in [0.4, 0.5) is 4.39 Å². The van der Waals surface area contributed by atoms with Crippen LogP contribution in [0.1, 0.15) is 21.9 Å². The first kappa shape index (κ1) is 16.1. The molecule has 1 atom stereocenters. The molecule has 0 amide bonds. The molecule has 0 aliphatic heterocycles. The summed E-state index contributed by atoms with van der Waals surface area (Å²) in [6.45, 7) is 1.29. The largest absolute Gasteiger partial charge is 0.361 e. The molecule has 2 aromatic carbocycles. The van der Waals surface area contributed by atoms with Gasteiger partial charge in [-0.25, -0.2) is 4.39 Å². The molecular weight excluding hydrogens is 331 g/mol. The van der Waals surface area contributed by atoms with Crippen molar-refractivity contribution in [2.75, 3.05) is 6.54 Å². The molecule has 0 unspecified atom stereocenters. The number of hydrogen-bond acceptors (Lipinski definition) is 2. The zero-order chi connectivity index (χ0) is 17.1. The van der Waals surface area contributed by atoms with E-state index in [1.165, 1.54) is 21.9 Å². The maximum Gasteiger partial charge on any atom is 0.127 e. The highest BCUT2D eigenvalue weighted by molar-refractivity contribution is 7.10. The molecule has 0 radical (unpaired) electrons. The highest BCUT2D eigenvalue weighted by Gasteiger charge is 2.18. The minimum Gasteiger partial charge on any atom is -0.361 e. The minimum absolute atomic E-state index is 0.158. The fourth-order valence-corrected chi connectivity index (χ4v) is 4.07. The summed E-state index contributed by atoms with van der Waals surface area (Å²) in [6.07, 6.45) is 2.10. The highest BCUT2D eigenvalue weighted by atomic mass is 32.1. The van der Waals surface area contributed by atoms with E-state index in [1.807, 2.05) is 18.2 Å². The van der Waals surface area contributed by atoms with Crippen molar-refractivity contribution in [2.24, 2.45) is 0 Å². The SMILES string of the molecule is Fc1ccccc1CNC[C@H](c1cccs1)c1c[nH]c2ccccc12. The zero-order valence-electron chi connectivity index (χ0n) is 13.7. The molecule has 0 fully saturated rings. The summed E-state index contributed by atoms with van der Waals surface area (Å²) in [6, 6.07) is 19.5. The molecule has 0 bridgehead atoms. The summed E-state index contributed by atoms with van der Waals surface area (Å²) >= 11 is 1.76. The summed E-state index contributed by atoms with van der Waals surface area (Å²) in [5.41, 5.74) is 3.12. The molecule has 2 heterocycles. The first-order chi connectivity index (χ1) is 12.3. The number of rotatable bonds is 6. The van der Waals surface area contributed by atoms with Crippen LogP contribution in [0, 0.1) is 5.82 Å². The molecule has 4 rings (SSSR count). The Kier molecular flexibility index (Phi) is 4.63. The van der Waals surface area contributed by atoms with Gasteiger partial charge in [-0.2, -0.15) is 0 Å². The lowest BCUT2D eigenvalue weighted by molar-refractivity contribution is 0.579. The lowest BCUT2D eigenvalue weighted by Gasteiger charge is -2.16. The predicted molar refractivity (Wildman–Crippen MR) is 103 cm³/mol. The van der Waals surface area contributed by atoms with E-state index in [0.717, 1.165) is 12.1 Å². The van der Waals surface area contributed by atoms with Crippen molar-refractivity contribution >= 4 is 22.2 Å². The van der Waals surface area contributed by atoms with Gasteiger partial charge in [-0.3, -0.25) is 0 Å². The number of nitrogens with one attached hydrogen (secondary N) is 2. The van der Waals surface area contributed by atoms with Gasteiger partial charge in [0.1, 0.15) is 5.82 Å². The highest BCUT2D eigenvalue weighted by Crippen LogP contribution is 2.32. The Hall–Kier alpha value is -2.43. The molecule has 4 heteroatoms. The molecule has 4 aromatic rings. The van der Waals surface area contributed by atoms with Crippen molar-refractivity contribution in [3.63, 3.8) is 0 Å². The van der Waals surface area contributed by atoms with Crippen molar-refractivity contribution in [1.29, 1.82) is 0 Å². The average molecular weight is 350 g/mol. The summed E-state index contributed by atoms with van der Waals surface area (Å²) < 4.78 is 13.8. The van der Waals surface area contributed by atoms with Gasteiger partial charge in [0.2, 0.25) is 0 Å². The van der Waals surface area contributed by atoms with E-state index >= 15 is 0 Å².